The second kappa shape index (κ2) is 19.0. The van der Waals surface area contributed by atoms with E-state index >= 15 is 8.78 Å². The molecule has 382 valence electrons. The second-order valence-corrected chi connectivity index (χ2v) is 21.4. The second-order valence-electron chi connectivity index (χ2n) is 21.4. The Morgan fingerprint density at radius 1 is 0.932 bits per heavy atom. The van der Waals surface area contributed by atoms with Crippen LogP contribution in [0.15, 0.2) is 71.8 Å². The predicted molar refractivity (Wildman–Crippen MR) is 275 cm³/mol. The van der Waals surface area contributed by atoms with E-state index in [1.807, 2.05) is 43.1 Å². The molecule has 2 N–H and O–H groups in total. The van der Waals surface area contributed by atoms with Gasteiger partial charge in [-0.3, -0.25) is 53.5 Å². The third-order valence-corrected chi connectivity index (χ3v) is 17.0. The van der Waals surface area contributed by atoms with E-state index in [4.69, 9.17) is 0 Å². The maximum atomic E-state index is 16.2. The summed E-state index contributed by atoms with van der Waals surface area (Å²) in [5, 5.41) is 6.25. The predicted octanol–water partition coefficient (Wildman–Crippen LogP) is 6.44. The Kier molecular flexibility index (Phi) is 12.7. The van der Waals surface area contributed by atoms with Gasteiger partial charge >= 0.3 is 0 Å². The number of amides is 4. The van der Waals surface area contributed by atoms with Crippen LogP contribution in [-0.4, -0.2) is 129 Å². The molecule has 0 radical (unpaired) electrons. The summed E-state index contributed by atoms with van der Waals surface area (Å²) < 4.78 is 35.8. The highest BCUT2D eigenvalue weighted by atomic mass is 19.1. The minimum atomic E-state index is -0.819. The fourth-order valence-corrected chi connectivity index (χ4v) is 12.6. The number of hydrogen-bond acceptors (Lipinski definition) is 10. The molecule has 3 atom stereocenters. The number of aryl methyl sites for hydroxylation is 2. The van der Waals surface area contributed by atoms with E-state index in [0.29, 0.717) is 73.7 Å². The summed E-state index contributed by atoms with van der Waals surface area (Å²) in [6.45, 7) is 12.5. The number of aromatic nitrogens is 3. The smallest absolute Gasteiger partial charge is 0.257 e. The summed E-state index contributed by atoms with van der Waals surface area (Å²) in [7, 11) is 3.78. The molecule has 8 heterocycles. The zero-order chi connectivity index (χ0) is 51.0. The van der Waals surface area contributed by atoms with Gasteiger partial charge in [-0.1, -0.05) is 6.08 Å². The molecule has 3 saturated heterocycles. The lowest BCUT2D eigenvalue weighted by atomic mass is 9.92. The van der Waals surface area contributed by atoms with Crippen molar-refractivity contribution in [2.45, 2.75) is 95.8 Å². The molecule has 11 rings (SSSR count). The Balaban J connectivity index is 0.677. The molecule has 17 heteroatoms. The van der Waals surface area contributed by atoms with Crippen molar-refractivity contribution in [3.8, 4) is 5.69 Å². The molecular weight excluding hydrogens is 931 g/mol. The molecule has 15 nitrogen and oxygen atoms in total. The molecule has 0 bridgehead atoms. The van der Waals surface area contributed by atoms with Crippen molar-refractivity contribution in [2.24, 2.45) is 13.0 Å². The van der Waals surface area contributed by atoms with Gasteiger partial charge in [0.15, 0.2) is 0 Å². The van der Waals surface area contributed by atoms with Crippen LogP contribution in [-0.2, 0) is 33.4 Å². The number of benzene rings is 2. The highest BCUT2D eigenvalue weighted by molar-refractivity contribution is 6.15. The normalized spacial score (nSPS) is 22.2. The maximum absolute atomic E-state index is 16.2. The van der Waals surface area contributed by atoms with E-state index in [2.05, 4.69) is 60.9 Å². The number of rotatable bonds is 11. The van der Waals surface area contributed by atoms with Crippen LogP contribution in [0.2, 0.25) is 0 Å². The van der Waals surface area contributed by atoms with Crippen molar-refractivity contribution >= 4 is 51.6 Å². The van der Waals surface area contributed by atoms with Crippen LogP contribution >= 0.6 is 0 Å². The van der Waals surface area contributed by atoms with Crippen LogP contribution in [0.3, 0.4) is 0 Å². The molecule has 73 heavy (non-hydrogen) atoms. The number of hydrogen-bond donors (Lipinski definition) is 2. The number of piperazine rings is 1. The number of anilines is 2. The molecular formula is C56H64F2N10O5. The number of likely N-dealkylation sites (tertiary alicyclic amines) is 1. The zero-order valence-corrected chi connectivity index (χ0v) is 42.3. The van der Waals surface area contributed by atoms with Gasteiger partial charge in [-0.25, -0.2) is 13.8 Å². The van der Waals surface area contributed by atoms with E-state index in [9.17, 15) is 24.0 Å². The lowest BCUT2D eigenvalue weighted by Crippen LogP contribution is -2.54. The van der Waals surface area contributed by atoms with Crippen LogP contribution in [0.25, 0.3) is 22.3 Å². The Bertz CT molecular complexity index is 3150. The molecule has 4 amide bonds. The van der Waals surface area contributed by atoms with Crippen LogP contribution in [0.1, 0.15) is 103 Å². The SMILES string of the molecule is CNc1ccn(-c2ccnc3c2cc([C@H](C)N2CC=C(c4c(C)cc(C(=O)N5CCC(CN6CCN(Cc7cc8c(cc7F)N([C@H]7CCC(=O)NC7=O)C(=O)C87CC7)C[C@@H]6C)CC5)cc4F)CC2)n3C)c(=O)c1. The van der Waals surface area contributed by atoms with Crippen LogP contribution in [0.4, 0.5) is 20.2 Å². The first-order valence-electron chi connectivity index (χ1n) is 26.0. The van der Waals surface area contributed by atoms with Gasteiger partial charge in [0.2, 0.25) is 17.7 Å². The topological polar surface area (TPSA) is 148 Å². The summed E-state index contributed by atoms with van der Waals surface area (Å²) >= 11 is 0. The van der Waals surface area contributed by atoms with Gasteiger partial charge in [-0.2, -0.15) is 0 Å². The van der Waals surface area contributed by atoms with Gasteiger partial charge in [-0.05, 0) is 124 Å². The summed E-state index contributed by atoms with van der Waals surface area (Å²) in [6, 6.07) is 13.4. The van der Waals surface area contributed by atoms with Crippen molar-refractivity contribution in [1.82, 2.24) is 39.0 Å². The number of carbonyl (C=O) groups excluding carboxylic acids is 4. The first-order chi connectivity index (χ1) is 35.1. The summed E-state index contributed by atoms with van der Waals surface area (Å²) in [5.41, 5.74) is 6.97. The quantitative estimate of drug-likeness (QED) is 0.142. The molecule has 3 aromatic heterocycles. The lowest BCUT2D eigenvalue weighted by Gasteiger charge is -2.42. The molecule has 5 aromatic rings. The monoisotopic (exact) mass is 995 g/mol. The van der Waals surface area contributed by atoms with Gasteiger partial charge in [0.25, 0.3) is 11.5 Å². The van der Waals surface area contributed by atoms with Gasteiger partial charge in [0.05, 0.1) is 16.8 Å². The van der Waals surface area contributed by atoms with Crippen molar-refractivity contribution < 1.29 is 28.0 Å². The van der Waals surface area contributed by atoms with Gasteiger partial charge in [-0.15, -0.1) is 0 Å². The van der Waals surface area contributed by atoms with E-state index < -0.39 is 23.2 Å². The molecule has 6 aliphatic rings. The Morgan fingerprint density at radius 2 is 1.73 bits per heavy atom. The minimum Gasteiger partial charge on any atom is -0.388 e. The number of imide groups is 1. The van der Waals surface area contributed by atoms with E-state index in [-0.39, 0.29) is 54.0 Å². The van der Waals surface area contributed by atoms with Crippen LogP contribution in [0.5, 0.6) is 0 Å². The molecule has 0 unspecified atom stereocenters. The molecule has 1 saturated carbocycles. The van der Waals surface area contributed by atoms with Crippen LogP contribution in [0, 0.1) is 24.5 Å². The summed E-state index contributed by atoms with van der Waals surface area (Å²) in [6.07, 6.45) is 9.68. The number of nitrogens with zero attached hydrogens (tertiary/aromatic N) is 8. The fourth-order valence-electron chi connectivity index (χ4n) is 12.6. The molecule has 1 aliphatic carbocycles. The number of halogens is 2. The Hall–Kier alpha value is -6.56. The van der Waals surface area contributed by atoms with E-state index in [1.165, 1.54) is 17.0 Å². The number of pyridine rings is 2. The average molecular weight is 995 g/mol. The highest BCUT2D eigenvalue weighted by Gasteiger charge is 2.61. The number of carbonyl (C=O) groups is 4. The standard InChI is InChI=1S/C56H64F2N10O5/c1-33-24-38(26-44(58)51(33)37-11-19-64(20-12-37)35(3)47-28-41-45(8-16-60-52(41)62(47)5)67-21-13-40(59-4)27-50(67)70)54(72)65-17-9-36(10-18-65)31-66-23-22-63(30-34(66)2)32-39-25-42-48(29-43(39)57)68(55(73)56(42)14-15-56)46-6-7-49(69)61-53(46)71/h8,11,13,16,21,24-29,34-36,46,59H,6-7,9-10,12,14-15,17-20,22-23,30-32H2,1-5H3,(H,61,69,71)/t34-,35-,46-/m0/s1. The van der Waals surface area contributed by atoms with Crippen molar-refractivity contribution in [3.63, 3.8) is 0 Å². The molecule has 5 aliphatic heterocycles. The lowest BCUT2D eigenvalue weighted by molar-refractivity contribution is -0.135. The first kappa shape index (κ1) is 48.7. The third kappa shape index (κ3) is 8.76. The third-order valence-electron chi connectivity index (χ3n) is 17.0. The van der Waals surface area contributed by atoms with Crippen molar-refractivity contribution in [2.75, 3.05) is 69.6 Å². The Labute approximate surface area is 423 Å². The highest BCUT2D eigenvalue weighted by Crippen LogP contribution is 2.58. The van der Waals surface area contributed by atoms with E-state index in [0.717, 1.165) is 90.4 Å². The molecule has 1 spiro atoms. The fraction of sp³-hybridized carbons (Fsp3) is 0.464. The molecule has 4 fully saturated rings. The van der Waals surface area contributed by atoms with Crippen LogP contribution < -0.4 is 21.1 Å². The average Bonchev–Trinajstić information content (AvgIpc) is 4.09. The zero-order valence-electron chi connectivity index (χ0n) is 42.3. The van der Waals surface area contributed by atoms with Gasteiger partial charge in [0.1, 0.15) is 23.3 Å². The maximum Gasteiger partial charge on any atom is 0.257 e. The number of fused-ring (bicyclic) bond motifs is 3. The number of nitrogens with one attached hydrogen (secondary N) is 2. The van der Waals surface area contributed by atoms with Gasteiger partial charge < -0.3 is 14.8 Å². The summed E-state index contributed by atoms with van der Waals surface area (Å²) in [4.78, 5) is 80.4. The van der Waals surface area contributed by atoms with Gasteiger partial charge in [0, 0.05) is 143 Å². The minimum absolute atomic E-state index is 0.0199. The Morgan fingerprint density at radius 3 is 2.41 bits per heavy atom. The van der Waals surface area contributed by atoms with Crippen molar-refractivity contribution in [1.29, 1.82) is 0 Å². The largest absolute Gasteiger partial charge is 0.388 e. The first-order valence-corrected chi connectivity index (χ1v) is 26.0. The molecule has 2 aromatic carbocycles. The van der Waals surface area contributed by atoms with Crippen molar-refractivity contribution in [3.05, 3.63) is 123 Å². The summed E-state index contributed by atoms with van der Waals surface area (Å²) in [5.74, 6) is -1.53. The number of piperidine rings is 2. The van der Waals surface area contributed by atoms with E-state index in [1.54, 1.807) is 30.1 Å².